The van der Waals surface area contributed by atoms with Gasteiger partial charge in [0.1, 0.15) is 0 Å². The molecule has 9 heavy (non-hydrogen) atoms. The molecule has 2 radical (unpaired) electrons. The molecule has 0 aliphatic carbocycles. The number of hydrogen-bond donors (Lipinski definition) is 2. The van der Waals surface area contributed by atoms with Gasteiger partial charge in [-0.1, -0.05) is 12.1 Å². The molecule has 2 nitrogen and oxygen atoms in total. The lowest BCUT2D eigenvalue weighted by Gasteiger charge is -1.94. The van der Waals surface area contributed by atoms with Gasteiger partial charge >= 0.3 is 9.84 Å². The topological polar surface area (TPSA) is 24.1 Å². The van der Waals surface area contributed by atoms with Crippen molar-refractivity contribution in [3.63, 3.8) is 0 Å². The zero-order valence-corrected chi connectivity index (χ0v) is 5.81. The van der Waals surface area contributed by atoms with Crippen molar-refractivity contribution in [2.75, 3.05) is 9.96 Å². The summed E-state index contributed by atoms with van der Waals surface area (Å²) in [5.74, 6) is 0. The average molecular weight is 134 g/mol. The fraction of sp³-hybridized carbons (Fsp3) is 0. The molecular weight excluding hydrogens is 128 g/mol. The van der Waals surface area contributed by atoms with E-state index in [1.165, 1.54) is 11.4 Å². The molecule has 2 rings (SSSR count). The van der Waals surface area contributed by atoms with Crippen molar-refractivity contribution in [2.24, 2.45) is 0 Å². The molecule has 44 valence electrons. The SMILES string of the molecule is c1ccc2c(c1)N[Si]N2. The maximum absolute atomic E-state index is 3.22. The van der Waals surface area contributed by atoms with Gasteiger partial charge in [0.25, 0.3) is 0 Å². The van der Waals surface area contributed by atoms with E-state index in [1.54, 1.807) is 0 Å². The summed E-state index contributed by atoms with van der Waals surface area (Å²) in [6.07, 6.45) is 0. The van der Waals surface area contributed by atoms with Crippen molar-refractivity contribution < 1.29 is 0 Å². The van der Waals surface area contributed by atoms with Crippen LogP contribution < -0.4 is 9.96 Å². The highest BCUT2D eigenvalue weighted by Gasteiger charge is 2.06. The van der Waals surface area contributed by atoms with Crippen LogP contribution in [0.1, 0.15) is 0 Å². The first-order valence-corrected chi connectivity index (χ1v) is 3.83. The molecule has 0 fully saturated rings. The Morgan fingerprint density at radius 1 is 1.00 bits per heavy atom. The monoisotopic (exact) mass is 134 g/mol. The summed E-state index contributed by atoms with van der Waals surface area (Å²) in [6, 6.07) is 8.21. The maximum Gasteiger partial charge on any atom is 0.327 e. The van der Waals surface area contributed by atoms with Crippen LogP contribution in [-0.4, -0.2) is 9.84 Å². The lowest BCUT2D eigenvalue weighted by atomic mass is 10.3. The minimum Gasteiger partial charge on any atom is -0.392 e. The number of anilines is 2. The minimum absolute atomic E-state index is 0.646. The normalized spacial score (nSPS) is 13.8. The standard InChI is InChI=1S/C6H6N2Si/c1-2-4-6-5(3-1)7-9-8-6/h1-4,7-8H. The first-order valence-electron chi connectivity index (χ1n) is 2.83. The third-order valence-electron chi connectivity index (χ3n) is 1.32. The van der Waals surface area contributed by atoms with Crippen molar-refractivity contribution in [1.82, 2.24) is 0 Å². The van der Waals surface area contributed by atoms with Crippen LogP contribution in [0.5, 0.6) is 0 Å². The van der Waals surface area contributed by atoms with Crippen LogP contribution in [0.25, 0.3) is 0 Å². The number of hydrogen-bond acceptors (Lipinski definition) is 2. The summed E-state index contributed by atoms with van der Waals surface area (Å²) in [6.45, 7) is 0. The van der Waals surface area contributed by atoms with Crippen LogP contribution >= 0.6 is 0 Å². The maximum atomic E-state index is 3.22. The lowest BCUT2D eigenvalue weighted by Crippen LogP contribution is -2.05. The fourth-order valence-electron chi connectivity index (χ4n) is 0.867. The quantitative estimate of drug-likeness (QED) is 0.518. The largest absolute Gasteiger partial charge is 0.392 e. The number of nitrogens with one attached hydrogen (secondary N) is 2. The highest BCUT2D eigenvalue weighted by molar-refractivity contribution is 6.48. The number of para-hydroxylation sites is 2. The van der Waals surface area contributed by atoms with Gasteiger partial charge in [0.2, 0.25) is 0 Å². The van der Waals surface area contributed by atoms with Crippen LogP contribution in [0.3, 0.4) is 0 Å². The van der Waals surface area contributed by atoms with E-state index in [1.807, 2.05) is 12.1 Å². The zero-order chi connectivity index (χ0) is 6.10. The summed E-state index contributed by atoms with van der Waals surface area (Å²) < 4.78 is 0. The molecule has 1 aliphatic rings. The Hall–Kier alpha value is -0.963. The Labute approximate surface area is 56.3 Å². The predicted octanol–water partition coefficient (Wildman–Crippen LogP) is 1.06. The van der Waals surface area contributed by atoms with Crippen LogP contribution in [0.15, 0.2) is 24.3 Å². The van der Waals surface area contributed by atoms with E-state index in [0.29, 0.717) is 9.84 Å². The van der Waals surface area contributed by atoms with Crippen LogP contribution in [-0.2, 0) is 0 Å². The van der Waals surface area contributed by atoms with Gasteiger partial charge in [0, 0.05) is 0 Å². The van der Waals surface area contributed by atoms with Crippen molar-refractivity contribution >= 4 is 21.2 Å². The number of benzene rings is 1. The third kappa shape index (κ3) is 0.694. The van der Waals surface area contributed by atoms with Gasteiger partial charge in [-0.25, -0.2) is 0 Å². The molecule has 0 saturated heterocycles. The molecule has 0 spiro atoms. The van der Waals surface area contributed by atoms with Crippen LogP contribution in [0.2, 0.25) is 0 Å². The first-order chi connectivity index (χ1) is 4.47. The Balaban J connectivity index is 2.54. The Bertz CT molecular complexity index is 201. The number of rotatable bonds is 0. The second-order valence-corrected chi connectivity index (χ2v) is 2.67. The molecule has 1 aliphatic heterocycles. The van der Waals surface area contributed by atoms with Gasteiger partial charge in [0.15, 0.2) is 0 Å². The van der Waals surface area contributed by atoms with Crippen LogP contribution in [0, 0.1) is 0 Å². The van der Waals surface area contributed by atoms with Crippen LogP contribution in [0.4, 0.5) is 11.4 Å². The summed E-state index contributed by atoms with van der Waals surface area (Å²) in [7, 11) is 0.646. The fourth-order valence-corrected chi connectivity index (χ4v) is 1.63. The molecule has 0 aromatic heterocycles. The average Bonchev–Trinajstić information content (AvgIpc) is 2.33. The number of fused-ring (bicyclic) bond motifs is 1. The summed E-state index contributed by atoms with van der Waals surface area (Å²) in [5.41, 5.74) is 2.44. The van der Waals surface area contributed by atoms with E-state index in [4.69, 9.17) is 0 Å². The van der Waals surface area contributed by atoms with E-state index in [0.717, 1.165) is 0 Å². The molecule has 0 unspecified atom stereocenters. The molecule has 0 amide bonds. The molecule has 2 N–H and O–H groups in total. The highest BCUT2D eigenvalue weighted by Crippen LogP contribution is 2.23. The van der Waals surface area contributed by atoms with Gasteiger partial charge in [-0.2, -0.15) is 0 Å². The van der Waals surface area contributed by atoms with E-state index in [2.05, 4.69) is 22.1 Å². The zero-order valence-electron chi connectivity index (χ0n) is 4.81. The molecule has 0 atom stereocenters. The van der Waals surface area contributed by atoms with Gasteiger partial charge in [-0.3, -0.25) is 0 Å². The highest BCUT2D eigenvalue weighted by atomic mass is 28.2. The van der Waals surface area contributed by atoms with Crippen molar-refractivity contribution in [3.05, 3.63) is 24.3 Å². The Morgan fingerprint density at radius 3 is 2.11 bits per heavy atom. The van der Waals surface area contributed by atoms with Gasteiger partial charge in [-0.05, 0) is 12.1 Å². The van der Waals surface area contributed by atoms with Gasteiger partial charge in [0.05, 0.1) is 11.4 Å². The molecule has 0 saturated carbocycles. The summed E-state index contributed by atoms with van der Waals surface area (Å²) >= 11 is 0. The molecule has 0 bridgehead atoms. The Morgan fingerprint density at radius 2 is 1.56 bits per heavy atom. The molecule has 3 heteroatoms. The van der Waals surface area contributed by atoms with Gasteiger partial charge in [-0.15, -0.1) is 0 Å². The lowest BCUT2D eigenvalue weighted by molar-refractivity contribution is 1.70. The summed E-state index contributed by atoms with van der Waals surface area (Å²) in [4.78, 5) is 6.43. The molecule has 1 heterocycles. The van der Waals surface area contributed by atoms with E-state index >= 15 is 0 Å². The summed E-state index contributed by atoms with van der Waals surface area (Å²) in [5, 5.41) is 0. The predicted molar refractivity (Wildman–Crippen MR) is 39.4 cm³/mol. The third-order valence-corrected chi connectivity index (χ3v) is 2.11. The van der Waals surface area contributed by atoms with Crippen molar-refractivity contribution in [1.29, 1.82) is 0 Å². The minimum atomic E-state index is 0.646. The van der Waals surface area contributed by atoms with Crippen molar-refractivity contribution in [2.45, 2.75) is 0 Å². The van der Waals surface area contributed by atoms with Crippen molar-refractivity contribution in [3.8, 4) is 0 Å². The van der Waals surface area contributed by atoms with E-state index < -0.39 is 0 Å². The van der Waals surface area contributed by atoms with E-state index in [9.17, 15) is 0 Å². The molecule has 1 aromatic carbocycles. The smallest absolute Gasteiger partial charge is 0.327 e. The van der Waals surface area contributed by atoms with Gasteiger partial charge < -0.3 is 9.96 Å². The Kier molecular flexibility index (Phi) is 0.958. The first kappa shape index (κ1) is 4.87. The molecule has 1 aromatic rings. The molecular formula is C6H6N2Si. The van der Waals surface area contributed by atoms with E-state index in [-0.39, 0.29) is 0 Å². The second-order valence-electron chi connectivity index (χ2n) is 1.92. The second kappa shape index (κ2) is 1.77.